The Hall–Kier alpha value is -3.12. The number of rotatable bonds is 5. The van der Waals surface area contributed by atoms with Crippen molar-refractivity contribution in [2.24, 2.45) is 0 Å². The number of cyclic esters (lactones) is 1. The van der Waals surface area contributed by atoms with Crippen molar-refractivity contribution in [1.29, 1.82) is 0 Å². The number of benzene rings is 2. The molecule has 2 aromatic carbocycles. The Morgan fingerprint density at radius 1 is 0.966 bits per heavy atom. The monoisotopic (exact) mass is 407 g/mol. The largest absolute Gasteiger partial charge is 0.493 e. The number of methoxy groups -OCH3 is 2. The Kier molecular flexibility index (Phi) is 5.11. The summed E-state index contributed by atoms with van der Waals surface area (Å²) < 4.78 is 16.2. The van der Waals surface area contributed by atoms with E-state index in [4.69, 9.17) is 19.2 Å². The van der Waals surface area contributed by atoms with Crippen LogP contribution in [-0.4, -0.2) is 31.8 Å². The van der Waals surface area contributed by atoms with Crippen LogP contribution >= 0.6 is 11.3 Å². The maximum Gasteiger partial charge on any atom is 0.340 e. The van der Waals surface area contributed by atoms with Crippen molar-refractivity contribution in [2.45, 2.75) is 13.8 Å². The van der Waals surface area contributed by atoms with Gasteiger partial charge in [0.25, 0.3) is 0 Å². The van der Waals surface area contributed by atoms with Crippen LogP contribution in [-0.2, 0) is 9.53 Å². The highest BCUT2D eigenvalue weighted by Gasteiger charge is 2.31. The predicted octanol–water partition coefficient (Wildman–Crippen LogP) is 4.91. The van der Waals surface area contributed by atoms with Crippen LogP contribution in [0.4, 0.5) is 0 Å². The lowest BCUT2D eigenvalue weighted by Crippen LogP contribution is -1.98. The Bertz CT molecular complexity index is 1110. The minimum Gasteiger partial charge on any atom is -0.493 e. The Labute approximate surface area is 173 Å². The molecule has 1 aliphatic rings. The molecule has 2 heterocycles. The molecule has 148 valence electrons. The van der Waals surface area contributed by atoms with E-state index in [1.165, 1.54) is 16.9 Å². The van der Waals surface area contributed by atoms with Crippen LogP contribution in [0.25, 0.3) is 22.4 Å². The van der Waals surface area contributed by atoms with Crippen LogP contribution in [0.15, 0.2) is 42.5 Å². The summed E-state index contributed by atoms with van der Waals surface area (Å²) in [6.45, 7) is 4.21. The summed E-state index contributed by atoms with van der Waals surface area (Å²) >= 11 is 1.50. The number of carbonyl (C=O) groups is 1. The molecule has 4 rings (SSSR count). The summed E-state index contributed by atoms with van der Waals surface area (Å²) in [5.41, 5.74) is 5.22. The van der Waals surface area contributed by atoms with Crippen molar-refractivity contribution >= 4 is 28.5 Å². The van der Waals surface area contributed by atoms with Gasteiger partial charge in [-0.1, -0.05) is 35.9 Å². The van der Waals surface area contributed by atoms with Crippen molar-refractivity contribution in [3.63, 3.8) is 0 Å². The van der Waals surface area contributed by atoms with Crippen LogP contribution in [0.1, 0.15) is 21.0 Å². The second-order valence-corrected chi connectivity index (χ2v) is 7.98. The van der Waals surface area contributed by atoms with Gasteiger partial charge in [0.1, 0.15) is 6.61 Å². The molecule has 0 atom stereocenters. The first kappa shape index (κ1) is 19.2. The predicted molar refractivity (Wildman–Crippen MR) is 114 cm³/mol. The lowest BCUT2D eigenvalue weighted by Gasteiger charge is -2.10. The summed E-state index contributed by atoms with van der Waals surface area (Å²) in [5.74, 6) is 0.917. The number of aryl methyl sites for hydroxylation is 2. The van der Waals surface area contributed by atoms with Crippen LogP contribution < -0.4 is 9.47 Å². The molecule has 0 saturated carbocycles. The molecule has 3 aromatic rings. The van der Waals surface area contributed by atoms with Gasteiger partial charge in [-0.3, -0.25) is 0 Å². The van der Waals surface area contributed by atoms with E-state index in [-0.39, 0.29) is 12.6 Å². The van der Waals surface area contributed by atoms with E-state index in [0.29, 0.717) is 17.1 Å². The fraction of sp³-hybridized carbons (Fsp3) is 0.217. The average Bonchev–Trinajstić information content (AvgIpc) is 3.30. The molecule has 0 N–H and O–H groups in total. The first-order valence-corrected chi connectivity index (χ1v) is 10.0. The fourth-order valence-corrected chi connectivity index (χ4v) is 4.39. The topological polar surface area (TPSA) is 57.7 Å². The molecule has 0 fully saturated rings. The van der Waals surface area contributed by atoms with E-state index in [9.17, 15) is 4.79 Å². The Balaban J connectivity index is 1.89. The molecular weight excluding hydrogens is 386 g/mol. The SMILES string of the molecule is COc1ccc(C2=C(c3sc(C)nc3-c3ccc(C)cc3)C(=O)OC2)cc1OC. The molecule has 5 nitrogen and oxygen atoms in total. The van der Waals surface area contributed by atoms with Gasteiger partial charge in [-0.05, 0) is 31.5 Å². The molecule has 0 radical (unpaired) electrons. The summed E-state index contributed by atoms with van der Waals surface area (Å²) in [7, 11) is 3.19. The van der Waals surface area contributed by atoms with Gasteiger partial charge in [0.05, 0.1) is 35.4 Å². The molecule has 29 heavy (non-hydrogen) atoms. The van der Waals surface area contributed by atoms with Crippen LogP contribution in [0.3, 0.4) is 0 Å². The first-order valence-electron chi connectivity index (χ1n) is 9.19. The molecule has 0 unspecified atom stereocenters. The number of esters is 1. The van der Waals surface area contributed by atoms with Gasteiger partial charge in [0.15, 0.2) is 11.5 Å². The van der Waals surface area contributed by atoms with Crippen LogP contribution in [0.2, 0.25) is 0 Å². The van der Waals surface area contributed by atoms with Gasteiger partial charge >= 0.3 is 5.97 Å². The molecule has 1 aliphatic heterocycles. The highest BCUT2D eigenvalue weighted by Crippen LogP contribution is 2.42. The zero-order valence-corrected chi connectivity index (χ0v) is 17.6. The minimum atomic E-state index is -0.327. The zero-order chi connectivity index (χ0) is 20.5. The van der Waals surface area contributed by atoms with Crippen molar-refractivity contribution in [3.8, 4) is 22.8 Å². The zero-order valence-electron chi connectivity index (χ0n) is 16.7. The van der Waals surface area contributed by atoms with E-state index in [0.717, 1.165) is 32.3 Å². The first-order chi connectivity index (χ1) is 14.0. The Morgan fingerprint density at radius 3 is 2.34 bits per heavy atom. The normalized spacial score (nSPS) is 13.6. The molecule has 0 amide bonds. The second-order valence-electron chi connectivity index (χ2n) is 6.78. The highest BCUT2D eigenvalue weighted by molar-refractivity contribution is 7.13. The van der Waals surface area contributed by atoms with Crippen molar-refractivity contribution < 1.29 is 19.0 Å². The number of hydrogen-bond acceptors (Lipinski definition) is 6. The third-order valence-corrected chi connectivity index (χ3v) is 5.86. The van der Waals surface area contributed by atoms with Crippen molar-refractivity contribution in [1.82, 2.24) is 4.98 Å². The van der Waals surface area contributed by atoms with Crippen molar-refractivity contribution in [2.75, 3.05) is 20.8 Å². The molecule has 0 bridgehead atoms. The maximum atomic E-state index is 12.7. The summed E-state index contributed by atoms with van der Waals surface area (Å²) in [4.78, 5) is 18.3. The molecule has 1 aromatic heterocycles. The van der Waals surface area contributed by atoms with E-state index < -0.39 is 0 Å². The van der Waals surface area contributed by atoms with E-state index in [1.54, 1.807) is 14.2 Å². The highest BCUT2D eigenvalue weighted by atomic mass is 32.1. The standard InChI is InChI=1S/C23H21NO4S/c1-13-5-7-15(8-6-13)21-22(29-14(2)24-21)20-17(12-28-23(20)25)16-9-10-18(26-3)19(11-16)27-4/h5-11H,12H2,1-4H3. The van der Waals surface area contributed by atoms with Gasteiger partial charge in [0, 0.05) is 11.1 Å². The van der Waals surface area contributed by atoms with Gasteiger partial charge < -0.3 is 14.2 Å². The fourth-order valence-electron chi connectivity index (χ4n) is 3.39. The Morgan fingerprint density at radius 2 is 1.66 bits per heavy atom. The molecule has 0 spiro atoms. The molecule has 0 aliphatic carbocycles. The number of thiazole rings is 1. The van der Waals surface area contributed by atoms with Crippen molar-refractivity contribution in [3.05, 3.63) is 63.5 Å². The average molecular weight is 407 g/mol. The van der Waals surface area contributed by atoms with Crippen LogP contribution in [0, 0.1) is 13.8 Å². The smallest absolute Gasteiger partial charge is 0.340 e. The third-order valence-electron chi connectivity index (χ3n) is 4.87. The van der Waals surface area contributed by atoms with E-state index in [2.05, 4.69) is 0 Å². The van der Waals surface area contributed by atoms with Gasteiger partial charge in [-0.15, -0.1) is 11.3 Å². The summed E-state index contributed by atoms with van der Waals surface area (Å²) in [6.07, 6.45) is 0. The second kappa shape index (κ2) is 7.72. The number of hydrogen-bond donors (Lipinski definition) is 0. The third kappa shape index (κ3) is 3.51. The number of aromatic nitrogens is 1. The lowest BCUT2D eigenvalue weighted by atomic mass is 9.98. The quantitative estimate of drug-likeness (QED) is 0.563. The minimum absolute atomic E-state index is 0.216. The molecular formula is C23H21NO4S. The number of carbonyl (C=O) groups excluding carboxylic acids is 1. The summed E-state index contributed by atoms with van der Waals surface area (Å²) in [5, 5.41) is 0.898. The van der Waals surface area contributed by atoms with Gasteiger partial charge in [-0.2, -0.15) is 0 Å². The number of ether oxygens (including phenoxy) is 3. The van der Waals surface area contributed by atoms with Gasteiger partial charge in [-0.25, -0.2) is 9.78 Å². The van der Waals surface area contributed by atoms with E-state index in [1.807, 2.05) is 56.3 Å². The van der Waals surface area contributed by atoms with Gasteiger partial charge in [0.2, 0.25) is 0 Å². The van der Waals surface area contributed by atoms with Crippen LogP contribution in [0.5, 0.6) is 11.5 Å². The maximum absolute atomic E-state index is 12.7. The summed E-state index contributed by atoms with van der Waals surface area (Å²) in [6, 6.07) is 13.8. The lowest BCUT2D eigenvalue weighted by molar-refractivity contribution is -0.133. The molecule has 0 saturated heterocycles. The van der Waals surface area contributed by atoms with E-state index >= 15 is 0 Å². The molecule has 6 heteroatoms. The number of nitrogens with zero attached hydrogens (tertiary/aromatic N) is 1.